The van der Waals surface area contributed by atoms with E-state index in [0.717, 1.165) is 5.57 Å². The summed E-state index contributed by atoms with van der Waals surface area (Å²) in [5.41, 5.74) is 1.08. The number of hydrogen-bond donors (Lipinski definition) is 2. The predicted octanol–water partition coefficient (Wildman–Crippen LogP) is 1.87. The largest absolute Gasteiger partial charge is 0.338 e. The maximum Gasteiger partial charge on any atom is 0.318 e. The first-order chi connectivity index (χ1) is 5.52. The van der Waals surface area contributed by atoms with Crippen molar-refractivity contribution in [2.75, 3.05) is 6.54 Å². The lowest BCUT2D eigenvalue weighted by Crippen LogP contribution is -2.34. The smallest absolute Gasteiger partial charge is 0.318 e. The summed E-state index contributed by atoms with van der Waals surface area (Å²) in [6.07, 6.45) is 1.69. The van der Waals surface area contributed by atoms with Crippen LogP contribution in [0.15, 0.2) is 11.8 Å². The first-order valence-electron chi connectivity index (χ1n) is 4.20. The molecule has 0 spiro atoms. The highest BCUT2D eigenvalue weighted by Gasteiger charge is 1.97. The molecule has 2 N–H and O–H groups in total. The van der Waals surface area contributed by atoms with E-state index in [2.05, 4.69) is 24.5 Å². The van der Waals surface area contributed by atoms with E-state index < -0.39 is 0 Å². The third-order valence-corrected chi connectivity index (χ3v) is 1.16. The Balaban J connectivity index is 3.54. The Hall–Kier alpha value is -0.990. The summed E-state index contributed by atoms with van der Waals surface area (Å²) in [4.78, 5) is 11.0. The van der Waals surface area contributed by atoms with Crippen molar-refractivity contribution < 1.29 is 4.79 Å². The minimum absolute atomic E-state index is 0.134. The Morgan fingerprint density at radius 3 is 2.42 bits per heavy atom. The minimum atomic E-state index is -0.134. The number of amides is 2. The van der Waals surface area contributed by atoms with Gasteiger partial charge in [-0.25, -0.2) is 4.79 Å². The molecule has 0 rings (SSSR count). The molecular weight excluding hydrogens is 152 g/mol. The molecule has 0 aromatic carbocycles. The van der Waals surface area contributed by atoms with E-state index >= 15 is 0 Å². The lowest BCUT2D eigenvalue weighted by molar-refractivity contribution is 0.243. The Labute approximate surface area is 74.2 Å². The van der Waals surface area contributed by atoms with E-state index in [1.54, 1.807) is 6.20 Å². The highest BCUT2D eigenvalue weighted by molar-refractivity contribution is 5.74. The molecule has 12 heavy (non-hydrogen) atoms. The Morgan fingerprint density at radius 2 is 2.00 bits per heavy atom. The molecule has 70 valence electrons. The first kappa shape index (κ1) is 11.0. The summed E-state index contributed by atoms with van der Waals surface area (Å²) in [5.74, 6) is 0.488. The molecule has 2 amide bonds. The van der Waals surface area contributed by atoms with Crippen LogP contribution in [0, 0.1) is 5.92 Å². The molecule has 3 nitrogen and oxygen atoms in total. The van der Waals surface area contributed by atoms with E-state index in [1.807, 2.05) is 13.8 Å². The van der Waals surface area contributed by atoms with Crippen LogP contribution in [-0.2, 0) is 0 Å². The summed E-state index contributed by atoms with van der Waals surface area (Å²) in [6, 6.07) is -0.134. The lowest BCUT2D eigenvalue weighted by Gasteiger charge is -2.06. The Kier molecular flexibility index (Phi) is 5.17. The first-order valence-corrected chi connectivity index (χ1v) is 4.20. The molecule has 0 saturated heterocycles. The number of urea groups is 1. The van der Waals surface area contributed by atoms with Crippen molar-refractivity contribution in [3.05, 3.63) is 11.8 Å². The number of carbonyl (C=O) groups is 1. The van der Waals surface area contributed by atoms with Gasteiger partial charge in [-0.2, -0.15) is 0 Å². The minimum Gasteiger partial charge on any atom is -0.338 e. The van der Waals surface area contributed by atoms with Crippen LogP contribution in [0.25, 0.3) is 0 Å². The molecule has 0 saturated carbocycles. The van der Waals surface area contributed by atoms with Crippen LogP contribution >= 0.6 is 0 Å². The molecule has 0 heterocycles. The third-order valence-electron chi connectivity index (χ3n) is 1.16. The number of nitrogens with one attached hydrogen (secondary N) is 2. The van der Waals surface area contributed by atoms with E-state index in [0.29, 0.717) is 12.5 Å². The number of rotatable bonds is 3. The fourth-order valence-corrected chi connectivity index (χ4v) is 0.558. The zero-order valence-corrected chi connectivity index (χ0v) is 8.27. The maximum absolute atomic E-state index is 11.0. The molecule has 0 aliphatic rings. The number of allylic oxidation sites excluding steroid dienone is 1. The van der Waals surface area contributed by atoms with Crippen molar-refractivity contribution in [1.82, 2.24) is 10.6 Å². The molecule has 0 aliphatic heterocycles. The SMILES string of the molecule is CC(C)=CNC(=O)NCC(C)C. The molecule has 0 atom stereocenters. The van der Waals surface area contributed by atoms with E-state index in [4.69, 9.17) is 0 Å². The highest BCUT2D eigenvalue weighted by Crippen LogP contribution is 1.87. The second-order valence-corrected chi connectivity index (χ2v) is 3.47. The van der Waals surface area contributed by atoms with Gasteiger partial charge in [-0.15, -0.1) is 0 Å². The zero-order chi connectivity index (χ0) is 9.56. The van der Waals surface area contributed by atoms with Gasteiger partial charge in [0.25, 0.3) is 0 Å². The summed E-state index contributed by atoms with van der Waals surface area (Å²) in [7, 11) is 0. The maximum atomic E-state index is 11.0. The van der Waals surface area contributed by atoms with Crippen LogP contribution in [0.4, 0.5) is 4.79 Å². The monoisotopic (exact) mass is 170 g/mol. The number of hydrogen-bond acceptors (Lipinski definition) is 1. The van der Waals surface area contributed by atoms with Gasteiger partial charge in [0.15, 0.2) is 0 Å². The number of carbonyl (C=O) groups excluding carboxylic acids is 1. The summed E-state index contributed by atoms with van der Waals surface area (Å²) in [6.45, 7) is 8.69. The van der Waals surface area contributed by atoms with E-state index in [9.17, 15) is 4.79 Å². The van der Waals surface area contributed by atoms with Gasteiger partial charge < -0.3 is 10.6 Å². The van der Waals surface area contributed by atoms with Crippen LogP contribution in [0.5, 0.6) is 0 Å². The van der Waals surface area contributed by atoms with Crippen LogP contribution in [0.2, 0.25) is 0 Å². The van der Waals surface area contributed by atoms with Crippen molar-refractivity contribution in [2.45, 2.75) is 27.7 Å². The molecule has 0 radical (unpaired) electrons. The van der Waals surface area contributed by atoms with Crippen molar-refractivity contribution in [1.29, 1.82) is 0 Å². The van der Waals surface area contributed by atoms with Gasteiger partial charge in [-0.05, 0) is 19.8 Å². The van der Waals surface area contributed by atoms with Gasteiger partial charge >= 0.3 is 6.03 Å². The second-order valence-electron chi connectivity index (χ2n) is 3.47. The lowest BCUT2D eigenvalue weighted by atomic mass is 10.2. The molecule has 3 heteroatoms. The molecule has 0 unspecified atom stereocenters. The summed E-state index contributed by atoms with van der Waals surface area (Å²) < 4.78 is 0. The highest BCUT2D eigenvalue weighted by atomic mass is 16.2. The summed E-state index contributed by atoms with van der Waals surface area (Å²) >= 11 is 0. The molecule has 0 aliphatic carbocycles. The quantitative estimate of drug-likeness (QED) is 0.667. The summed E-state index contributed by atoms with van der Waals surface area (Å²) in [5, 5.41) is 5.37. The Bertz CT molecular complexity index is 169. The van der Waals surface area contributed by atoms with Crippen molar-refractivity contribution in [3.8, 4) is 0 Å². The molecule has 0 fully saturated rings. The molecule has 0 aromatic heterocycles. The second kappa shape index (κ2) is 5.63. The molecule has 0 bridgehead atoms. The van der Waals surface area contributed by atoms with Gasteiger partial charge in [-0.3, -0.25) is 0 Å². The Morgan fingerprint density at radius 1 is 1.42 bits per heavy atom. The average Bonchev–Trinajstić information content (AvgIpc) is 1.96. The van der Waals surface area contributed by atoms with Crippen LogP contribution in [0.1, 0.15) is 27.7 Å². The van der Waals surface area contributed by atoms with Crippen molar-refractivity contribution in [2.24, 2.45) is 5.92 Å². The average molecular weight is 170 g/mol. The van der Waals surface area contributed by atoms with Crippen molar-refractivity contribution in [3.63, 3.8) is 0 Å². The fraction of sp³-hybridized carbons (Fsp3) is 0.667. The van der Waals surface area contributed by atoms with Gasteiger partial charge in [0.05, 0.1) is 0 Å². The van der Waals surface area contributed by atoms with Gasteiger partial charge in [0.2, 0.25) is 0 Å². The molecule has 0 aromatic rings. The van der Waals surface area contributed by atoms with Gasteiger partial charge in [-0.1, -0.05) is 19.4 Å². The topological polar surface area (TPSA) is 41.1 Å². The van der Waals surface area contributed by atoms with E-state index in [1.165, 1.54) is 0 Å². The van der Waals surface area contributed by atoms with Gasteiger partial charge in [0, 0.05) is 12.7 Å². The third kappa shape index (κ3) is 7.12. The van der Waals surface area contributed by atoms with Gasteiger partial charge in [0.1, 0.15) is 0 Å². The van der Waals surface area contributed by atoms with Crippen LogP contribution in [-0.4, -0.2) is 12.6 Å². The normalized spacial score (nSPS) is 9.42. The zero-order valence-electron chi connectivity index (χ0n) is 8.27. The van der Waals surface area contributed by atoms with E-state index in [-0.39, 0.29) is 6.03 Å². The fourth-order valence-electron chi connectivity index (χ4n) is 0.558. The van der Waals surface area contributed by atoms with Crippen LogP contribution in [0.3, 0.4) is 0 Å². The predicted molar refractivity (Wildman–Crippen MR) is 50.8 cm³/mol. The standard InChI is InChI=1S/C9H18N2O/c1-7(2)5-10-9(12)11-6-8(3)4/h5,8H,6H2,1-4H3,(H2,10,11,12). The molecular formula is C9H18N2O. The van der Waals surface area contributed by atoms with Crippen LogP contribution < -0.4 is 10.6 Å². The van der Waals surface area contributed by atoms with Crippen molar-refractivity contribution >= 4 is 6.03 Å².